The first kappa shape index (κ1) is 18.0. The highest BCUT2D eigenvalue weighted by Crippen LogP contribution is 2.31. The Morgan fingerprint density at radius 3 is 2.96 bits per heavy atom. The normalized spacial score (nSPS) is 17.3. The van der Waals surface area contributed by atoms with Crippen molar-refractivity contribution in [1.82, 2.24) is 10.3 Å². The Labute approximate surface area is 155 Å². The van der Waals surface area contributed by atoms with Crippen LogP contribution in [0.15, 0.2) is 53.7 Å². The van der Waals surface area contributed by atoms with E-state index in [1.165, 1.54) is 0 Å². The van der Waals surface area contributed by atoms with Crippen molar-refractivity contribution in [3.63, 3.8) is 0 Å². The molecule has 0 aliphatic carbocycles. The van der Waals surface area contributed by atoms with Gasteiger partial charge in [-0.3, -0.25) is 9.98 Å². The molecule has 3 rings (SSSR count). The molecule has 6 nitrogen and oxygen atoms in total. The molecule has 2 aromatic rings. The maximum absolute atomic E-state index is 5.99. The predicted molar refractivity (Wildman–Crippen MR) is 106 cm³/mol. The van der Waals surface area contributed by atoms with Gasteiger partial charge in [0.2, 0.25) is 0 Å². The van der Waals surface area contributed by atoms with Gasteiger partial charge in [-0.05, 0) is 36.6 Å². The number of methoxy groups -OCH3 is 1. The minimum Gasteiger partial charge on any atom is -0.495 e. The first-order valence-corrected chi connectivity index (χ1v) is 9.08. The zero-order valence-electron chi connectivity index (χ0n) is 15.3. The highest BCUT2D eigenvalue weighted by molar-refractivity contribution is 5.77. The van der Waals surface area contributed by atoms with Crippen molar-refractivity contribution < 1.29 is 4.74 Å². The number of nitrogens with two attached hydrogens (primary N) is 1. The molecule has 2 heterocycles. The Morgan fingerprint density at radius 1 is 1.31 bits per heavy atom. The summed E-state index contributed by atoms with van der Waals surface area (Å²) in [6.07, 6.45) is 3.76. The summed E-state index contributed by atoms with van der Waals surface area (Å²) in [5.74, 6) is 1.94. The molecule has 0 bridgehead atoms. The van der Waals surface area contributed by atoms with Gasteiger partial charge in [0.1, 0.15) is 5.75 Å². The van der Waals surface area contributed by atoms with Crippen LogP contribution in [0.5, 0.6) is 5.75 Å². The second-order valence-electron chi connectivity index (χ2n) is 6.50. The lowest BCUT2D eigenvalue weighted by molar-refractivity contribution is 0.414. The summed E-state index contributed by atoms with van der Waals surface area (Å²) in [5.41, 5.74) is 8.20. The van der Waals surface area contributed by atoms with Crippen LogP contribution in [0, 0.1) is 5.92 Å². The van der Waals surface area contributed by atoms with Gasteiger partial charge in [-0.25, -0.2) is 0 Å². The molecule has 1 saturated heterocycles. The zero-order chi connectivity index (χ0) is 18.2. The second kappa shape index (κ2) is 9.08. The Kier molecular flexibility index (Phi) is 6.30. The minimum atomic E-state index is 0.510. The van der Waals surface area contributed by atoms with E-state index in [-0.39, 0.29) is 0 Å². The largest absolute Gasteiger partial charge is 0.495 e. The summed E-state index contributed by atoms with van der Waals surface area (Å²) in [6.45, 7) is 3.48. The van der Waals surface area contributed by atoms with Gasteiger partial charge in [0.15, 0.2) is 5.96 Å². The molecule has 0 saturated carbocycles. The lowest BCUT2D eigenvalue weighted by atomic mass is 10.1. The molecule has 0 spiro atoms. The summed E-state index contributed by atoms with van der Waals surface area (Å²) >= 11 is 0. The third kappa shape index (κ3) is 4.88. The average molecular weight is 353 g/mol. The molecule has 1 unspecified atom stereocenters. The topological polar surface area (TPSA) is 75.8 Å². The van der Waals surface area contributed by atoms with Crippen molar-refractivity contribution in [3.8, 4) is 5.75 Å². The van der Waals surface area contributed by atoms with E-state index in [2.05, 4.69) is 26.3 Å². The van der Waals surface area contributed by atoms with Crippen molar-refractivity contribution >= 4 is 11.6 Å². The number of guanidine groups is 1. The number of nitrogens with one attached hydrogen (secondary N) is 1. The molecular formula is C20H27N5O. The van der Waals surface area contributed by atoms with Gasteiger partial charge >= 0.3 is 0 Å². The number of aromatic nitrogens is 1. The smallest absolute Gasteiger partial charge is 0.188 e. The van der Waals surface area contributed by atoms with E-state index in [0.717, 1.165) is 56.2 Å². The molecule has 138 valence electrons. The van der Waals surface area contributed by atoms with Crippen LogP contribution >= 0.6 is 0 Å². The van der Waals surface area contributed by atoms with Crippen LogP contribution in [0.25, 0.3) is 0 Å². The highest BCUT2D eigenvalue weighted by atomic mass is 16.5. The van der Waals surface area contributed by atoms with Crippen LogP contribution in [-0.2, 0) is 6.42 Å². The molecular weight excluding hydrogens is 326 g/mol. The van der Waals surface area contributed by atoms with Gasteiger partial charge < -0.3 is 20.7 Å². The predicted octanol–water partition coefficient (Wildman–Crippen LogP) is 2.06. The van der Waals surface area contributed by atoms with Crippen molar-refractivity contribution in [1.29, 1.82) is 0 Å². The minimum absolute atomic E-state index is 0.510. The van der Waals surface area contributed by atoms with Crippen LogP contribution < -0.4 is 20.7 Å². The number of rotatable bonds is 7. The lowest BCUT2D eigenvalue weighted by Gasteiger charge is -2.21. The van der Waals surface area contributed by atoms with Gasteiger partial charge in [0.05, 0.1) is 12.8 Å². The van der Waals surface area contributed by atoms with Crippen molar-refractivity contribution in [2.75, 3.05) is 38.2 Å². The number of benzene rings is 1. The quantitative estimate of drug-likeness (QED) is 0.589. The molecule has 1 aromatic heterocycles. The van der Waals surface area contributed by atoms with Crippen LogP contribution in [-0.4, -0.2) is 44.2 Å². The summed E-state index contributed by atoms with van der Waals surface area (Å²) in [7, 11) is 1.72. The van der Waals surface area contributed by atoms with Crippen molar-refractivity contribution in [2.24, 2.45) is 16.6 Å². The SMILES string of the molecule is COc1ccccc1N1CCC(CN=C(N)NCCc2ccccn2)C1. The number of nitrogens with zero attached hydrogens (tertiary/aromatic N) is 3. The second-order valence-corrected chi connectivity index (χ2v) is 6.50. The maximum atomic E-state index is 5.99. The first-order chi connectivity index (χ1) is 12.8. The maximum Gasteiger partial charge on any atom is 0.188 e. The van der Waals surface area contributed by atoms with Crippen molar-refractivity contribution in [2.45, 2.75) is 12.8 Å². The molecule has 1 aliphatic rings. The summed E-state index contributed by atoms with van der Waals surface area (Å²) < 4.78 is 5.47. The number of aliphatic imine (C=N–C) groups is 1. The first-order valence-electron chi connectivity index (χ1n) is 9.08. The molecule has 3 N–H and O–H groups in total. The monoisotopic (exact) mass is 353 g/mol. The van der Waals surface area contributed by atoms with Gasteiger partial charge in [0, 0.05) is 44.5 Å². The molecule has 1 fully saturated rings. The van der Waals surface area contributed by atoms with E-state index in [1.807, 2.05) is 36.4 Å². The number of hydrogen-bond donors (Lipinski definition) is 2. The van der Waals surface area contributed by atoms with E-state index in [9.17, 15) is 0 Å². The van der Waals surface area contributed by atoms with E-state index in [4.69, 9.17) is 10.5 Å². The molecule has 1 aliphatic heterocycles. The van der Waals surface area contributed by atoms with Crippen molar-refractivity contribution in [3.05, 3.63) is 54.4 Å². The molecule has 26 heavy (non-hydrogen) atoms. The van der Waals surface area contributed by atoms with Crippen LogP contribution in [0.1, 0.15) is 12.1 Å². The Bertz CT molecular complexity index is 719. The number of ether oxygens (including phenoxy) is 1. The standard InChI is InChI=1S/C20H27N5O/c1-26-19-8-3-2-7-18(19)25-13-10-16(15-25)14-24-20(21)23-12-9-17-6-4-5-11-22-17/h2-8,11,16H,9-10,12-15H2,1H3,(H3,21,23,24). The summed E-state index contributed by atoms with van der Waals surface area (Å²) in [4.78, 5) is 11.2. The lowest BCUT2D eigenvalue weighted by Crippen LogP contribution is -2.34. The molecule has 0 radical (unpaired) electrons. The van der Waals surface area contributed by atoms with Crippen LogP contribution in [0.2, 0.25) is 0 Å². The third-order valence-corrected chi connectivity index (χ3v) is 4.64. The van der Waals surface area contributed by atoms with E-state index in [1.54, 1.807) is 13.3 Å². The van der Waals surface area contributed by atoms with Gasteiger partial charge in [-0.15, -0.1) is 0 Å². The molecule has 6 heteroatoms. The number of hydrogen-bond acceptors (Lipinski definition) is 4. The van der Waals surface area contributed by atoms with Gasteiger partial charge in [-0.2, -0.15) is 0 Å². The molecule has 0 amide bonds. The Morgan fingerprint density at radius 2 is 2.15 bits per heavy atom. The molecule has 1 atom stereocenters. The fourth-order valence-corrected chi connectivity index (χ4v) is 3.24. The van der Waals surface area contributed by atoms with Gasteiger partial charge in [0.25, 0.3) is 0 Å². The fourth-order valence-electron chi connectivity index (χ4n) is 3.24. The van der Waals surface area contributed by atoms with Crippen LogP contribution in [0.4, 0.5) is 5.69 Å². The number of para-hydroxylation sites is 2. The van der Waals surface area contributed by atoms with Gasteiger partial charge in [-0.1, -0.05) is 18.2 Å². The Balaban J connectivity index is 1.44. The van der Waals surface area contributed by atoms with E-state index < -0.39 is 0 Å². The Hall–Kier alpha value is -2.76. The summed E-state index contributed by atoms with van der Waals surface area (Å²) in [5, 5.41) is 3.17. The average Bonchev–Trinajstić information content (AvgIpc) is 3.16. The zero-order valence-corrected chi connectivity index (χ0v) is 15.3. The van der Waals surface area contributed by atoms with E-state index in [0.29, 0.717) is 11.9 Å². The fraction of sp³-hybridized carbons (Fsp3) is 0.400. The number of anilines is 1. The molecule has 1 aromatic carbocycles. The number of pyridine rings is 1. The van der Waals surface area contributed by atoms with E-state index >= 15 is 0 Å². The summed E-state index contributed by atoms with van der Waals surface area (Å²) in [6, 6.07) is 14.1. The highest BCUT2D eigenvalue weighted by Gasteiger charge is 2.24. The third-order valence-electron chi connectivity index (χ3n) is 4.64. The van der Waals surface area contributed by atoms with Crippen LogP contribution in [0.3, 0.4) is 0 Å².